The minimum atomic E-state index is -0.797. The Morgan fingerprint density at radius 3 is 0.914 bits per heavy atom. The SMILES string of the molecule is CC/C=C\C/C=C\C/C=C\C/C=C\C/C=C\C/C=C\C/C=C\C/C=C\CCCCC(=O)OCC(COC(=O)CCCCCCCCC)OC(=O)CCCCCCCCC/C=C\CCCCCCCCC. The first kappa shape index (κ1) is 66.1. The Labute approximate surface area is 431 Å². The van der Waals surface area contributed by atoms with Crippen molar-refractivity contribution in [3.05, 3.63) is 109 Å². The minimum Gasteiger partial charge on any atom is -0.462 e. The third kappa shape index (κ3) is 55.0. The Morgan fingerprint density at radius 2 is 0.557 bits per heavy atom. The minimum absolute atomic E-state index is 0.0940. The van der Waals surface area contributed by atoms with E-state index >= 15 is 0 Å². The van der Waals surface area contributed by atoms with Crippen LogP contribution in [0.4, 0.5) is 0 Å². The molecule has 0 heterocycles. The van der Waals surface area contributed by atoms with E-state index in [2.05, 4.69) is 130 Å². The van der Waals surface area contributed by atoms with E-state index in [0.29, 0.717) is 19.3 Å². The summed E-state index contributed by atoms with van der Waals surface area (Å²) in [5, 5.41) is 0. The van der Waals surface area contributed by atoms with Gasteiger partial charge in [0.2, 0.25) is 0 Å². The maximum absolute atomic E-state index is 12.8. The molecule has 70 heavy (non-hydrogen) atoms. The van der Waals surface area contributed by atoms with Crippen LogP contribution in [0.2, 0.25) is 0 Å². The molecular formula is C64H106O6. The predicted octanol–water partition coefficient (Wildman–Crippen LogP) is 19.5. The maximum atomic E-state index is 12.8. The van der Waals surface area contributed by atoms with Gasteiger partial charge in [-0.15, -0.1) is 0 Å². The number of hydrogen-bond acceptors (Lipinski definition) is 6. The molecule has 0 N–H and O–H groups in total. The first-order valence-electron chi connectivity index (χ1n) is 28.9. The molecular weight excluding hydrogens is 865 g/mol. The number of carbonyl (C=O) groups excluding carboxylic acids is 3. The van der Waals surface area contributed by atoms with Gasteiger partial charge in [0.25, 0.3) is 0 Å². The fourth-order valence-electron chi connectivity index (χ4n) is 7.69. The van der Waals surface area contributed by atoms with Crippen LogP contribution in [-0.2, 0) is 28.6 Å². The number of hydrogen-bond donors (Lipinski definition) is 0. The summed E-state index contributed by atoms with van der Waals surface area (Å²) in [6, 6.07) is 0. The highest BCUT2D eigenvalue weighted by Crippen LogP contribution is 2.14. The Morgan fingerprint density at radius 1 is 0.300 bits per heavy atom. The zero-order chi connectivity index (χ0) is 50.7. The summed E-state index contributed by atoms with van der Waals surface area (Å²) in [5.74, 6) is -0.951. The molecule has 0 aromatic carbocycles. The summed E-state index contributed by atoms with van der Waals surface area (Å²) < 4.78 is 16.7. The van der Waals surface area contributed by atoms with E-state index in [1.807, 2.05) is 0 Å². The van der Waals surface area contributed by atoms with E-state index in [0.717, 1.165) is 109 Å². The van der Waals surface area contributed by atoms with E-state index in [9.17, 15) is 14.4 Å². The molecule has 0 aliphatic rings. The summed E-state index contributed by atoms with van der Waals surface area (Å²) in [6.07, 6.45) is 78.2. The lowest BCUT2D eigenvalue weighted by molar-refractivity contribution is -0.167. The first-order chi connectivity index (χ1) is 34.5. The number of allylic oxidation sites excluding steroid dienone is 18. The fourth-order valence-corrected chi connectivity index (χ4v) is 7.69. The standard InChI is InChI=1S/C64H106O6/c1-4-7-10-13-16-18-20-22-24-26-28-29-30-31-32-33-34-35-36-38-39-41-43-45-48-51-54-57-63(66)69-60-61(59-68-62(65)56-53-50-47-15-12-9-6-3)70-64(67)58-55-52-49-46-44-42-40-37-27-25-23-21-19-17-14-11-8-5-2/h7,10,16,18,22,24-25,27-29,31-32,34-35,38-39,43,45,61H,4-6,8-9,11-15,17,19-21,23,26,30,33,36-37,40-42,44,46-60H2,1-3H3/b10-7-,18-16-,24-22-,27-25-,29-28-,32-31-,35-34-,39-38-,45-43-. The van der Waals surface area contributed by atoms with Crippen molar-refractivity contribution in [3.8, 4) is 0 Å². The highest BCUT2D eigenvalue weighted by Gasteiger charge is 2.19. The highest BCUT2D eigenvalue weighted by molar-refractivity contribution is 5.71. The number of esters is 3. The second-order valence-electron chi connectivity index (χ2n) is 18.8. The van der Waals surface area contributed by atoms with Crippen molar-refractivity contribution in [1.29, 1.82) is 0 Å². The molecule has 0 bridgehead atoms. The molecule has 0 aliphatic heterocycles. The summed E-state index contributed by atoms with van der Waals surface area (Å²) in [5.41, 5.74) is 0. The van der Waals surface area contributed by atoms with Gasteiger partial charge < -0.3 is 14.2 Å². The van der Waals surface area contributed by atoms with Crippen molar-refractivity contribution >= 4 is 17.9 Å². The molecule has 0 saturated carbocycles. The Bertz CT molecular complexity index is 1440. The summed E-state index contributed by atoms with van der Waals surface area (Å²) >= 11 is 0. The molecule has 0 radical (unpaired) electrons. The van der Waals surface area contributed by atoms with Crippen LogP contribution in [-0.4, -0.2) is 37.2 Å². The summed E-state index contributed by atoms with van der Waals surface area (Å²) in [7, 11) is 0. The third-order valence-electron chi connectivity index (χ3n) is 12.0. The number of unbranched alkanes of at least 4 members (excludes halogenated alkanes) is 22. The predicted molar refractivity (Wildman–Crippen MR) is 302 cm³/mol. The molecule has 0 fully saturated rings. The highest BCUT2D eigenvalue weighted by atomic mass is 16.6. The van der Waals surface area contributed by atoms with Crippen molar-refractivity contribution in [2.24, 2.45) is 0 Å². The molecule has 0 aromatic rings. The lowest BCUT2D eigenvalue weighted by Crippen LogP contribution is -2.30. The van der Waals surface area contributed by atoms with Crippen LogP contribution >= 0.6 is 0 Å². The van der Waals surface area contributed by atoms with Crippen molar-refractivity contribution < 1.29 is 28.6 Å². The number of carbonyl (C=O) groups is 3. The molecule has 6 nitrogen and oxygen atoms in total. The molecule has 6 heteroatoms. The van der Waals surface area contributed by atoms with Gasteiger partial charge in [0, 0.05) is 19.3 Å². The molecule has 0 amide bonds. The number of ether oxygens (including phenoxy) is 3. The van der Waals surface area contributed by atoms with Gasteiger partial charge in [0.15, 0.2) is 6.10 Å². The van der Waals surface area contributed by atoms with Gasteiger partial charge in [-0.2, -0.15) is 0 Å². The Kier molecular flexibility index (Phi) is 54.4. The van der Waals surface area contributed by atoms with E-state index in [1.165, 1.54) is 109 Å². The van der Waals surface area contributed by atoms with E-state index in [1.54, 1.807) is 0 Å². The topological polar surface area (TPSA) is 78.9 Å². The second-order valence-corrected chi connectivity index (χ2v) is 18.8. The van der Waals surface area contributed by atoms with Gasteiger partial charge in [-0.25, -0.2) is 0 Å². The Balaban J connectivity index is 4.30. The van der Waals surface area contributed by atoms with Crippen LogP contribution in [0.25, 0.3) is 0 Å². The number of rotatable bonds is 51. The molecule has 0 aliphatic carbocycles. The molecule has 398 valence electrons. The average Bonchev–Trinajstić information content (AvgIpc) is 3.36. The molecule has 0 spiro atoms. The van der Waals surface area contributed by atoms with Crippen molar-refractivity contribution in [3.63, 3.8) is 0 Å². The molecule has 0 rings (SSSR count). The fraction of sp³-hybridized carbons (Fsp3) is 0.672. The van der Waals surface area contributed by atoms with E-state index < -0.39 is 6.10 Å². The van der Waals surface area contributed by atoms with Gasteiger partial charge in [0.1, 0.15) is 13.2 Å². The third-order valence-corrected chi connectivity index (χ3v) is 12.0. The van der Waals surface area contributed by atoms with Gasteiger partial charge in [-0.05, 0) is 109 Å². The van der Waals surface area contributed by atoms with Crippen LogP contribution in [0, 0.1) is 0 Å². The van der Waals surface area contributed by atoms with Crippen molar-refractivity contribution in [2.45, 2.75) is 264 Å². The molecule has 0 aromatic heterocycles. The molecule has 1 atom stereocenters. The van der Waals surface area contributed by atoms with Gasteiger partial charge >= 0.3 is 17.9 Å². The molecule has 1 unspecified atom stereocenters. The van der Waals surface area contributed by atoms with E-state index in [4.69, 9.17) is 14.2 Å². The van der Waals surface area contributed by atoms with Gasteiger partial charge in [-0.1, -0.05) is 239 Å². The lowest BCUT2D eigenvalue weighted by Gasteiger charge is -2.18. The van der Waals surface area contributed by atoms with Crippen LogP contribution in [0.1, 0.15) is 258 Å². The maximum Gasteiger partial charge on any atom is 0.306 e. The van der Waals surface area contributed by atoms with Gasteiger partial charge in [-0.3, -0.25) is 14.4 Å². The second kappa shape index (κ2) is 57.6. The van der Waals surface area contributed by atoms with Crippen LogP contribution in [0.15, 0.2) is 109 Å². The van der Waals surface area contributed by atoms with Crippen LogP contribution < -0.4 is 0 Å². The van der Waals surface area contributed by atoms with Crippen molar-refractivity contribution in [1.82, 2.24) is 0 Å². The largest absolute Gasteiger partial charge is 0.462 e. The smallest absolute Gasteiger partial charge is 0.306 e. The summed E-state index contributed by atoms with van der Waals surface area (Å²) in [6.45, 7) is 6.44. The molecule has 0 saturated heterocycles. The Hall–Kier alpha value is -3.93. The zero-order valence-electron chi connectivity index (χ0n) is 45.5. The van der Waals surface area contributed by atoms with Crippen molar-refractivity contribution in [2.75, 3.05) is 13.2 Å². The quantitative estimate of drug-likeness (QED) is 0.0262. The average molecular weight is 972 g/mol. The lowest BCUT2D eigenvalue weighted by atomic mass is 10.1. The van der Waals surface area contributed by atoms with E-state index in [-0.39, 0.29) is 31.1 Å². The van der Waals surface area contributed by atoms with Gasteiger partial charge in [0.05, 0.1) is 0 Å². The monoisotopic (exact) mass is 971 g/mol. The van der Waals surface area contributed by atoms with Crippen LogP contribution in [0.3, 0.4) is 0 Å². The first-order valence-corrected chi connectivity index (χ1v) is 28.9. The summed E-state index contributed by atoms with van der Waals surface area (Å²) in [4.78, 5) is 37.9. The van der Waals surface area contributed by atoms with Crippen LogP contribution in [0.5, 0.6) is 0 Å². The normalized spacial score (nSPS) is 12.9. The zero-order valence-corrected chi connectivity index (χ0v) is 45.5.